The normalized spacial score (nSPS) is 12.7. The molecule has 0 saturated heterocycles. The third-order valence-corrected chi connectivity index (χ3v) is 1.94. The highest BCUT2D eigenvalue weighted by atomic mass is 16.5. The molecule has 1 amide bonds. The molecule has 0 bridgehead atoms. The molecule has 0 rings (SSSR count). The van der Waals surface area contributed by atoms with Crippen molar-refractivity contribution in [2.24, 2.45) is 5.73 Å². The second kappa shape index (κ2) is 5.47. The van der Waals surface area contributed by atoms with Crippen molar-refractivity contribution < 1.29 is 9.53 Å². The van der Waals surface area contributed by atoms with Gasteiger partial charge < -0.3 is 15.8 Å². The smallest absolute Gasteiger partial charge is 0.216 e. The Balaban J connectivity index is 3.81. The summed E-state index contributed by atoms with van der Waals surface area (Å²) in [5.74, 6) is -0.00930. The minimum atomic E-state index is -0.314. The summed E-state index contributed by atoms with van der Waals surface area (Å²) in [6.07, 6.45) is 0.780. The van der Waals surface area contributed by atoms with Crippen LogP contribution in [0, 0.1) is 0 Å². The van der Waals surface area contributed by atoms with E-state index in [2.05, 4.69) is 5.32 Å². The Labute approximate surface area is 92.6 Å². The van der Waals surface area contributed by atoms with E-state index in [1.165, 1.54) is 6.92 Å². The Morgan fingerprint density at radius 2 is 1.87 bits per heavy atom. The highest BCUT2D eigenvalue weighted by Gasteiger charge is 2.21. The van der Waals surface area contributed by atoms with E-state index in [1.54, 1.807) is 0 Å². The van der Waals surface area contributed by atoms with Gasteiger partial charge in [0.05, 0.1) is 12.2 Å². The Morgan fingerprint density at radius 3 is 2.27 bits per heavy atom. The van der Waals surface area contributed by atoms with Crippen LogP contribution < -0.4 is 11.1 Å². The molecule has 0 aliphatic carbocycles. The molecular weight excluding hydrogens is 192 g/mol. The van der Waals surface area contributed by atoms with Gasteiger partial charge in [-0.25, -0.2) is 0 Å². The van der Waals surface area contributed by atoms with Gasteiger partial charge in [-0.1, -0.05) is 0 Å². The summed E-state index contributed by atoms with van der Waals surface area (Å²) >= 11 is 0. The first-order chi connectivity index (χ1) is 6.62. The van der Waals surface area contributed by atoms with Crippen molar-refractivity contribution in [2.45, 2.75) is 52.2 Å². The Kier molecular flexibility index (Phi) is 5.24. The Morgan fingerprint density at radius 1 is 1.33 bits per heavy atom. The zero-order valence-corrected chi connectivity index (χ0v) is 10.5. The van der Waals surface area contributed by atoms with Crippen molar-refractivity contribution in [1.82, 2.24) is 5.32 Å². The van der Waals surface area contributed by atoms with Gasteiger partial charge in [-0.05, 0) is 34.1 Å². The SMILES string of the molecule is CC(=O)NCCC(C)(C)OCC(C)(C)N. The molecule has 0 saturated carbocycles. The molecule has 4 heteroatoms. The number of hydrogen-bond acceptors (Lipinski definition) is 3. The fraction of sp³-hybridized carbons (Fsp3) is 0.909. The van der Waals surface area contributed by atoms with Gasteiger partial charge in [0, 0.05) is 19.0 Å². The van der Waals surface area contributed by atoms with Crippen molar-refractivity contribution in [3.63, 3.8) is 0 Å². The molecule has 0 aromatic carbocycles. The molecule has 3 N–H and O–H groups in total. The van der Waals surface area contributed by atoms with E-state index in [0.29, 0.717) is 13.2 Å². The molecule has 0 unspecified atom stereocenters. The van der Waals surface area contributed by atoms with Crippen LogP contribution in [0.1, 0.15) is 41.0 Å². The molecule has 0 aliphatic heterocycles. The first-order valence-corrected chi connectivity index (χ1v) is 5.30. The maximum Gasteiger partial charge on any atom is 0.216 e. The zero-order chi connectivity index (χ0) is 12.1. The third-order valence-electron chi connectivity index (χ3n) is 1.94. The summed E-state index contributed by atoms with van der Waals surface area (Å²) in [4.78, 5) is 10.7. The van der Waals surface area contributed by atoms with E-state index in [1.807, 2.05) is 27.7 Å². The molecular formula is C11H24N2O2. The topological polar surface area (TPSA) is 64.3 Å². The first-order valence-electron chi connectivity index (χ1n) is 5.30. The summed E-state index contributed by atoms with van der Waals surface area (Å²) < 4.78 is 5.70. The second-order valence-corrected chi connectivity index (χ2v) is 5.27. The summed E-state index contributed by atoms with van der Waals surface area (Å²) in [5, 5.41) is 2.75. The number of carbonyl (C=O) groups excluding carboxylic acids is 1. The lowest BCUT2D eigenvalue weighted by Gasteiger charge is -2.29. The van der Waals surface area contributed by atoms with E-state index in [0.717, 1.165) is 6.42 Å². The predicted octanol–water partition coefficient (Wildman–Crippen LogP) is 1.05. The van der Waals surface area contributed by atoms with Crippen LogP contribution in [0.15, 0.2) is 0 Å². The van der Waals surface area contributed by atoms with Crippen LogP contribution in [0.4, 0.5) is 0 Å². The van der Waals surface area contributed by atoms with Gasteiger partial charge in [0.1, 0.15) is 0 Å². The highest BCUT2D eigenvalue weighted by molar-refractivity contribution is 5.72. The van der Waals surface area contributed by atoms with E-state index in [4.69, 9.17) is 10.5 Å². The lowest BCUT2D eigenvalue weighted by atomic mass is 10.0. The van der Waals surface area contributed by atoms with E-state index < -0.39 is 0 Å². The van der Waals surface area contributed by atoms with Crippen molar-refractivity contribution >= 4 is 5.91 Å². The van der Waals surface area contributed by atoms with Crippen LogP contribution in [-0.4, -0.2) is 30.2 Å². The fourth-order valence-corrected chi connectivity index (χ4v) is 0.993. The summed E-state index contributed by atoms with van der Waals surface area (Å²) in [6, 6.07) is 0. The van der Waals surface area contributed by atoms with Crippen LogP contribution in [0.2, 0.25) is 0 Å². The van der Waals surface area contributed by atoms with Crippen LogP contribution >= 0.6 is 0 Å². The standard InChI is InChI=1S/C11H24N2O2/c1-9(14)13-7-6-11(4,5)15-8-10(2,3)12/h6-8,12H2,1-5H3,(H,13,14). The fourth-order valence-electron chi connectivity index (χ4n) is 0.993. The molecule has 4 nitrogen and oxygen atoms in total. The molecule has 0 fully saturated rings. The number of carbonyl (C=O) groups is 1. The van der Waals surface area contributed by atoms with E-state index >= 15 is 0 Å². The van der Waals surface area contributed by atoms with E-state index in [-0.39, 0.29) is 17.0 Å². The molecule has 0 atom stereocenters. The molecule has 0 radical (unpaired) electrons. The van der Waals surface area contributed by atoms with Crippen molar-refractivity contribution in [3.05, 3.63) is 0 Å². The number of nitrogens with two attached hydrogens (primary N) is 1. The first kappa shape index (κ1) is 14.4. The molecule has 0 spiro atoms. The maximum absolute atomic E-state index is 10.7. The lowest BCUT2D eigenvalue weighted by Crippen LogP contribution is -2.42. The summed E-state index contributed by atoms with van der Waals surface area (Å²) in [7, 11) is 0. The van der Waals surface area contributed by atoms with Gasteiger partial charge in [-0.2, -0.15) is 0 Å². The van der Waals surface area contributed by atoms with Gasteiger partial charge in [0.15, 0.2) is 0 Å². The number of rotatable bonds is 6. The average Bonchev–Trinajstić information content (AvgIpc) is 1.99. The van der Waals surface area contributed by atoms with Gasteiger partial charge in [-0.15, -0.1) is 0 Å². The van der Waals surface area contributed by atoms with Crippen LogP contribution in [0.5, 0.6) is 0 Å². The van der Waals surface area contributed by atoms with Gasteiger partial charge in [0.25, 0.3) is 0 Å². The minimum absolute atomic E-state index is 0.00930. The third kappa shape index (κ3) is 9.69. The van der Waals surface area contributed by atoms with E-state index in [9.17, 15) is 4.79 Å². The maximum atomic E-state index is 10.7. The molecule has 0 aromatic heterocycles. The van der Waals surface area contributed by atoms with Gasteiger partial charge in [-0.3, -0.25) is 4.79 Å². The second-order valence-electron chi connectivity index (χ2n) is 5.27. The molecule has 90 valence electrons. The Bertz CT molecular complexity index is 207. The molecule has 0 heterocycles. The highest BCUT2D eigenvalue weighted by Crippen LogP contribution is 2.15. The summed E-state index contributed by atoms with van der Waals surface area (Å²) in [5.41, 5.74) is 5.26. The number of nitrogens with one attached hydrogen (secondary N) is 1. The zero-order valence-electron chi connectivity index (χ0n) is 10.5. The number of hydrogen-bond donors (Lipinski definition) is 2. The monoisotopic (exact) mass is 216 g/mol. The van der Waals surface area contributed by atoms with Crippen molar-refractivity contribution in [1.29, 1.82) is 0 Å². The van der Waals surface area contributed by atoms with Crippen molar-refractivity contribution in [2.75, 3.05) is 13.2 Å². The predicted molar refractivity (Wildman–Crippen MR) is 61.6 cm³/mol. The molecule has 0 aromatic rings. The Hall–Kier alpha value is -0.610. The van der Waals surface area contributed by atoms with Gasteiger partial charge >= 0.3 is 0 Å². The molecule has 15 heavy (non-hydrogen) atoms. The number of amides is 1. The minimum Gasteiger partial charge on any atom is -0.374 e. The lowest BCUT2D eigenvalue weighted by molar-refractivity contribution is -0.119. The summed E-state index contributed by atoms with van der Waals surface area (Å²) in [6.45, 7) is 10.5. The quantitative estimate of drug-likeness (QED) is 0.697. The van der Waals surface area contributed by atoms with Crippen LogP contribution in [0.3, 0.4) is 0 Å². The van der Waals surface area contributed by atoms with Gasteiger partial charge in [0.2, 0.25) is 5.91 Å². The van der Waals surface area contributed by atoms with Crippen LogP contribution in [0.25, 0.3) is 0 Å². The molecule has 0 aliphatic rings. The largest absolute Gasteiger partial charge is 0.374 e. The number of ether oxygens (including phenoxy) is 1. The van der Waals surface area contributed by atoms with Crippen LogP contribution in [-0.2, 0) is 9.53 Å². The van der Waals surface area contributed by atoms with Crippen molar-refractivity contribution in [3.8, 4) is 0 Å². The average molecular weight is 216 g/mol.